The van der Waals surface area contributed by atoms with Crippen LogP contribution in [0.25, 0.3) is 0 Å². The van der Waals surface area contributed by atoms with Gasteiger partial charge in [0.25, 0.3) is 0 Å². The van der Waals surface area contributed by atoms with E-state index in [1.54, 1.807) is 7.05 Å². The van der Waals surface area contributed by atoms with Crippen LogP contribution in [-0.2, 0) is 9.59 Å². The molecule has 0 bridgehead atoms. The first-order chi connectivity index (χ1) is 7.76. The number of amides is 2. The van der Waals surface area contributed by atoms with Crippen LogP contribution < -0.4 is 5.32 Å². The molecule has 0 saturated carbocycles. The maximum atomic E-state index is 11.6. The maximum absolute atomic E-state index is 11.6. The van der Waals surface area contributed by atoms with Crippen molar-refractivity contribution in [3.63, 3.8) is 0 Å². The third-order valence-corrected chi connectivity index (χ3v) is 2.66. The van der Waals surface area contributed by atoms with Gasteiger partial charge in [-0.2, -0.15) is 0 Å². The molecule has 2 amide bonds. The lowest BCUT2D eigenvalue weighted by Crippen LogP contribution is -2.46. The van der Waals surface area contributed by atoms with Crippen molar-refractivity contribution in [3.05, 3.63) is 0 Å². The van der Waals surface area contributed by atoms with E-state index in [-0.39, 0.29) is 23.9 Å². The first-order valence-electron chi connectivity index (χ1n) is 5.87. The van der Waals surface area contributed by atoms with Crippen LogP contribution in [0.4, 0.5) is 0 Å². The summed E-state index contributed by atoms with van der Waals surface area (Å²) in [6.45, 7) is 5.89. The number of alkyl halides is 1. The third-order valence-electron chi connectivity index (χ3n) is 2.10. The Morgan fingerprint density at radius 3 is 2.29 bits per heavy atom. The van der Waals surface area contributed by atoms with Gasteiger partial charge in [-0.1, -0.05) is 15.9 Å². The van der Waals surface area contributed by atoms with Crippen LogP contribution in [0.2, 0.25) is 0 Å². The zero-order chi connectivity index (χ0) is 13.5. The number of nitrogens with zero attached hydrogens (tertiary/aromatic N) is 1. The average Bonchev–Trinajstić information content (AvgIpc) is 2.14. The Kier molecular flexibility index (Phi) is 7.43. The number of unbranched alkanes of at least 4 members (excludes halogenated alkanes) is 1. The molecule has 0 rings (SSSR count). The van der Waals surface area contributed by atoms with Crippen molar-refractivity contribution in [3.8, 4) is 0 Å². The lowest BCUT2D eigenvalue weighted by Gasteiger charge is -2.23. The minimum atomic E-state index is -0.253. The van der Waals surface area contributed by atoms with Crippen molar-refractivity contribution in [2.45, 2.75) is 45.6 Å². The monoisotopic (exact) mass is 306 g/mol. The summed E-state index contributed by atoms with van der Waals surface area (Å²) in [5.74, 6) is -0.0937. The second-order valence-electron chi connectivity index (χ2n) is 5.19. The Labute approximate surface area is 112 Å². The summed E-state index contributed by atoms with van der Waals surface area (Å²) in [5.41, 5.74) is -0.253. The first kappa shape index (κ1) is 16.4. The zero-order valence-electron chi connectivity index (χ0n) is 11.2. The normalized spacial score (nSPS) is 11.1. The van der Waals surface area contributed by atoms with Gasteiger partial charge in [0, 0.05) is 24.3 Å². The van der Waals surface area contributed by atoms with E-state index in [2.05, 4.69) is 21.2 Å². The van der Waals surface area contributed by atoms with Crippen LogP contribution in [0.15, 0.2) is 0 Å². The van der Waals surface area contributed by atoms with E-state index < -0.39 is 0 Å². The van der Waals surface area contributed by atoms with Crippen molar-refractivity contribution in [1.29, 1.82) is 0 Å². The van der Waals surface area contributed by atoms with Crippen molar-refractivity contribution >= 4 is 27.7 Å². The van der Waals surface area contributed by atoms with Crippen molar-refractivity contribution < 1.29 is 9.59 Å². The van der Waals surface area contributed by atoms with Gasteiger partial charge in [-0.05, 0) is 33.6 Å². The van der Waals surface area contributed by atoms with Gasteiger partial charge in [-0.25, -0.2) is 0 Å². The van der Waals surface area contributed by atoms with Gasteiger partial charge in [-0.3, -0.25) is 9.59 Å². The molecular formula is C12H23BrN2O2. The first-order valence-corrected chi connectivity index (χ1v) is 6.99. The summed E-state index contributed by atoms with van der Waals surface area (Å²) >= 11 is 3.32. The highest BCUT2D eigenvalue weighted by molar-refractivity contribution is 9.09. The topological polar surface area (TPSA) is 49.4 Å². The molecule has 0 aliphatic heterocycles. The molecule has 0 heterocycles. The van der Waals surface area contributed by atoms with E-state index in [0.717, 1.165) is 18.2 Å². The standard InChI is InChI=1S/C12H23BrN2O2/c1-12(2,3)14-10(16)9-15(4)11(17)7-5-6-8-13/h5-9H2,1-4H3,(H,14,16). The number of hydrogen-bond acceptors (Lipinski definition) is 2. The fourth-order valence-electron chi connectivity index (χ4n) is 1.32. The Morgan fingerprint density at radius 1 is 1.24 bits per heavy atom. The quantitative estimate of drug-likeness (QED) is 0.602. The number of carbonyl (C=O) groups excluding carboxylic acids is 2. The molecule has 4 nitrogen and oxygen atoms in total. The SMILES string of the molecule is CN(CC(=O)NC(C)(C)C)C(=O)CCCCBr. The molecule has 100 valence electrons. The van der Waals surface area contributed by atoms with Gasteiger partial charge in [0.2, 0.25) is 11.8 Å². The van der Waals surface area contributed by atoms with E-state index >= 15 is 0 Å². The number of likely N-dealkylation sites (N-methyl/N-ethyl adjacent to an activating group) is 1. The number of halogens is 1. The van der Waals surface area contributed by atoms with Crippen LogP contribution in [-0.4, -0.2) is 41.2 Å². The van der Waals surface area contributed by atoms with Gasteiger partial charge in [-0.15, -0.1) is 0 Å². The van der Waals surface area contributed by atoms with Gasteiger partial charge in [0.1, 0.15) is 0 Å². The van der Waals surface area contributed by atoms with Gasteiger partial charge in [0.05, 0.1) is 6.54 Å². The molecule has 0 aliphatic carbocycles. The Balaban J connectivity index is 3.95. The molecule has 0 aromatic rings. The van der Waals surface area contributed by atoms with E-state index in [4.69, 9.17) is 0 Å². The molecular weight excluding hydrogens is 284 g/mol. The molecule has 0 aliphatic rings. The van der Waals surface area contributed by atoms with E-state index in [1.807, 2.05) is 20.8 Å². The fourth-order valence-corrected chi connectivity index (χ4v) is 1.72. The summed E-state index contributed by atoms with van der Waals surface area (Å²) in [4.78, 5) is 24.7. The highest BCUT2D eigenvalue weighted by Crippen LogP contribution is 2.02. The summed E-state index contributed by atoms with van der Waals surface area (Å²) in [6, 6.07) is 0. The van der Waals surface area contributed by atoms with Crippen LogP contribution in [0, 0.1) is 0 Å². The number of nitrogens with one attached hydrogen (secondary N) is 1. The Hall–Kier alpha value is -0.580. The van der Waals surface area contributed by atoms with Crippen molar-refractivity contribution in [2.24, 2.45) is 0 Å². The molecule has 0 radical (unpaired) electrons. The maximum Gasteiger partial charge on any atom is 0.240 e. The van der Waals surface area contributed by atoms with Gasteiger partial charge < -0.3 is 10.2 Å². The van der Waals surface area contributed by atoms with Crippen LogP contribution in [0.3, 0.4) is 0 Å². The van der Waals surface area contributed by atoms with Crippen LogP contribution in [0.1, 0.15) is 40.0 Å². The molecule has 17 heavy (non-hydrogen) atoms. The molecule has 0 spiro atoms. The number of rotatable bonds is 6. The summed E-state index contributed by atoms with van der Waals surface area (Å²) in [5, 5.41) is 3.74. The zero-order valence-corrected chi connectivity index (χ0v) is 12.8. The van der Waals surface area contributed by atoms with Gasteiger partial charge in [0.15, 0.2) is 0 Å². The van der Waals surface area contributed by atoms with Crippen LogP contribution >= 0.6 is 15.9 Å². The van der Waals surface area contributed by atoms with Crippen LogP contribution in [0.5, 0.6) is 0 Å². The summed E-state index contributed by atoms with van der Waals surface area (Å²) in [7, 11) is 1.67. The lowest BCUT2D eigenvalue weighted by atomic mass is 10.1. The molecule has 0 fully saturated rings. The lowest BCUT2D eigenvalue weighted by molar-refractivity contribution is -0.135. The summed E-state index contributed by atoms with van der Waals surface area (Å²) in [6.07, 6.45) is 2.34. The molecule has 0 aromatic heterocycles. The second kappa shape index (κ2) is 7.69. The molecule has 0 aromatic carbocycles. The van der Waals surface area contributed by atoms with Crippen molar-refractivity contribution in [2.75, 3.05) is 18.9 Å². The Morgan fingerprint density at radius 2 is 1.82 bits per heavy atom. The molecule has 1 N–H and O–H groups in total. The van der Waals surface area contributed by atoms with Crippen molar-refractivity contribution in [1.82, 2.24) is 10.2 Å². The molecule has 0 atom stereocenters. The minimum Gasteiger partial charge on any atom is -0.350 e. The smallest absolute Gasteiger partial charge is 0.240 e. The predicted octanol–water partition coefficient (Wildman–Crippen LogP) is 1.92. The molecule has 5 heteroatoms. The second-order valence-corrected chi connectivity index (χ2v) is 5.99. The Bertz CT molecular complexity index is 262. The highest BCUT2D eigenvalue weighted by Gasteiger charge is 2.17. The number of carbonyl (C=O) groups is 2. The average molecular weight is 307 g/mol. The van der Waals surface area contributed by atoms with E-state index in [9.17, 15) is 9.59 Å². The highest BCUT2D eigenvalue weighted by atomic mass is 79.9. The minimum absolute atomic E-state index is 0.0232. The number of hydrogen-bond donors (Lipinski definition) is 1. The molecule has 0 unspecified atom stereocenters. The molecule has 0 saturated heterocycles. The largest absolute Gasteiger partial charge is 0.350 e. The fraction of sp³-hybridized carbons (Fsp3) is 0.833. The van der Waals surface area contributed by atoms with E-state index in [0.29, 0.717) is 6.42 Å². The third kappa shape index (κ3) is 9.15. The van der Waals surface area contributed by atoms with Gasteiger partial charge >= 0.3 is 0 Å². The predicted molar refractivity (Wildman–Crippen MR) is 73.2 cm³/mol. The van der Waals surface area contributed by atoms with E-state index in [1.165, 1.54) is 4.90 Å². The summed E-state index contributed by atoms with van der Waals surface area (Å²) < 4.78 is 0.